The third-order valence-electron chi connectivity index (χ3n) is 24.1. The second-order valence-corrected chi connectivity index (χ2v) is 45.2. The molecule has 0 bridgehead atoms. The number of anilines is 5. The van der Waals surface area contributed by atoms with Crippen molar-refractivity contribution < 1.29 is 80.6 Å². The summed E-state index contributed by atoms with van der Waals surface area (Å²) in [5.74, 6) is 2.54. The molecule has 0 radical (unpaired) electrons. The first-order valence-electron chi connectivity index (χ1n) is 48.2. The predicted octanol–water partition coefficient (Wildman–Crippen LogP) is 20.3. The first-order chi connectivity index (χ1) is 66.5. The molecular weight excluding hydrogens is 2020 g/mol. The largest absolute Gasteiger partial charge is 0.498 e. The number of likely N-dealkylation sites (tertiary alicyclic amines) is 3. The summed E-state index contributed by atoms with van der Waals surface area (Å²) in [6.45, 7) is 52.2. The highest BCUT2D eigenvalue weighted by Crippen LogP contribution is 2.42. The van der Waals surface area contributed by atoms with Gasteiger partial charge in [0.2, 0.25) is 0 Å². The van der Waals surface area contributed by atoms with E-state index in [9.17, 15) is 38.3 Å². The summed E-state index contributed by atoms with van der Waals surface area (Å²) in [5.41, 5.74) is 32.8. The van der Waals surface area contributed by atoms with E-state index in [4.69, 9.17) is 76.2 Å². The molecule has 14 rings (SSSR count). The monoisotopic (exact) mass is 2170 g/mol. The fraction of sp³-hybridized carbons (Fsp3) is 0.538. The number of carbonyl (C=O) groups is 6. The van der Waals surface area contributed by atoms with Crippen LogP contribution in [0.5, 0.6) is 0 Å². The van der Waals surface area contributed by atoms with Crippen molar-refractivity contribution in [2.45, 2.75) is 292 Å². The van der Waals surface area contributed by atoms with Crippen molar-refractivity contribution in [3.05, 3.63) is 198 Å². The number of hydrogen-bond acceptors (Lipinski definition) is 27. The van der Waals surface area contributed by atoms with Gasteiger partial charge in [0.25, 0.3) is 5.91 Å². The Kier molecular flexibility index (Phi) is 43.7. The number of pyridine rings is 5. The zero-order valence-corrected chi connectivity index (χ0v) is 92.3. The molecule has 33 nitrogen and oxygen atoms in total. The van der Waals surface area contributed by atoms with Crippen LogP contribution in [0.15, 0.2) is 159 Å². The number of aliphatic hydroxyl groups is 1. The summed E-state index contributed by atoms with van der Waals surface area (Å²) >= 11 is 9.77. The van der Waals surface area contributed by atoms with Crippen molar-refractivity contribution in [2.75, 3.05) is 101 Å². The normalized spacial score (nSPS) is 17.5. The second-order valence-electron chi connectivity index (χ2n) is 42.5. The molecule has 0 aliphatic carbocycles. The zero-order valence-electron chi connectivity index (χ0n) is 87.6. The quantitative estimate of drug-likeness (QED) is 0.0494. The van der Waals surface area contributed by atoms with E-state index >= 15 is 0 Å². The number of ether oxygens (including phenoxy) is 5. The number of nitrogens with zero attached hydrogens (tertiary/aromatic N) is 11. The van der Waals surface area contributed by atoms with Crippen LogP contribution < -0.4 is 39.4 Å². The lowest BCUT2D eigenvalue weighted by atomic mass is 9.75. The van der Waals surface area contributed by atoms with Gasteiger partial charge in [0, 0.05) is 118 Å². The highest BCUT2D eigenvalue weighted by atomic mass is 79.9. The molecule has 5 saturated heterocycles. The number of rotatable bonds is 10. The molecule has 7 aliphatic heterocycles. The maximum Gasteiger partial charge on any atom is 0.498 e. The number of nitriles is 1. The lowest BCUT2D eigenvalue weighted by Crippen LogP contribution is -2.41. The minimum Gasteiger partial charge on any atom is -0.444 e. The van der Waals surface area contributed by atoms with Gasteiger partial charge >= 0.3 is 44.7 Å². The zero-order chi connectivity index (χ0) is 107. The summed E-state index contributed by atoms with van der Waals surface area (Å²) in [6.07, 6.45) is 18.7. The number of nitrogen functional groups attached to an aromatic ring is 5. The van der Waals surface area contributed by atoms with E-state index in [1.807, 2.05) is 239 Å². The van der Waals surface area contributed by atoms with Crippen molar-refractivity contribution >= 4 is 139 Å². The van der Waals surface area contributed by atoms with Crippen molar-refractivity contribution in [2.24, 2.45) is 0 Å². The number of amides is 6. The molecule has 780 valence electrons. The summed E-state index contributed by atoms with van der Waals surface area (Å²) < 4.78 is 67.5. The van der Waals surface area contributed by atoms with Gasteiger partial charge in [0.15, 0.2) is 0 Å². The standard InChI is InChI=1S/C21H34BN3O4.C16H28BNO4.C15H13BrFNO2.C15H22BrN3O2.C15H23N3O2.C15H21N3O2.C5H5BrN2.C2H3N/c1-19(2,3)27-18(26)25-10-8-14(9-11-25)15-12-16(17(23)24-13-15)22-28-20(4,5)21(6,7)29-22;1-14(2,3)20-13(19)18-10-8-12(9-11-18)17-21-15(4,5)16(6,7)22-17;16-11-6-7-12(13(17)8-11)15(20)18-14(9-19)10-4-2-1-3-5-10;1-15(2,3)21-14(20)19-6-4-10(5-7-19)11-8-12(16)13(17)18-9-11;2*1-15(2,3)20-14(19)18-8-6-11(7-9-18)12-4-5-13(16)17-10-12;6-4-1-2-5(7)8-3-4;1-2-3/h12-14H,8-11H2,1-7H3,(H2,23,24);8H,9-11H2,1-7H3;1-8,14,19H,9H2,(H,18,20);8-10H,4-7H2,1-3H3,(H2,17,18);4-5,10-11H,6-9H2,1-3H3,(H2,16,17);4-6,10H,7-9H2,1-3H3,(H2,16,17);1-3H,(H2,7,8);1H3/t;;14-;;;;;/m..1...../s1. The highest BCUT2D eigenvalue weighted by Gasteiger charge is 2.54. The molecule has 12 N–H and O–H groups in total. The first-order valence-corrected chi connectivity index (χ1v) is 50.5. The maximum atomic E-state index is 13.7. The lowest BCUT2D eigenvalue weighted by Gasteiger charge is -2.33. The van der Waals surface area contributed by atoms with Crippen molar-refractivity contribution in [3.8, 4) is 6.07 Å². The molecule has 143 heavy (non-hydrogen) atoms. The number of aromatic nitrogens is 5. The van der Waals surface area contributed by atoms with Crippen LogP contribution in [0.25, 0.3) is 5.57 Å². The van der Waals surface area contributed by atoms with E-state index < -0.39 is 64.1 Å². The van der Waals surface area contributed by atoms with Crippen molar-refractivity contribution in [3.63, 3.8) is 0 Å². The highest BCUT2D eigenvalue weighted by molar-refractivity contribution is 9.11. The van der Waals surface area contributed by atoms with Gasteiger partial charge < -0.3 is 106 Å². The van der Waals surface area contributed by atoms with Gasteiger partial charge in [-0.25, -0.2) is 53.3 Å². The van der Waals surface area contributed by atoms with Crippen LogP contribution in [0, 0.1) is 17.1 Å². The number of aliphatic hydroxyl groups excluding tert-OH is 1. The van der Waals surface area contributed by atoms with Crippen LogP contribution in [0.3, 0.4) is 0 Å². The van der Waals surface area contributed by atoms with Gasteiger partial charge in [-0.2, -0.15) is 5.26 Å². The van der Waals surface area contributed by atoms with Crippen LogP contribution in [0.2, 0.25) is 0 Å². The van der Waals surface area contributed by atoms with Crippen LogP contribution in [0.1, 0.15) is 280 Å². The minimum absolute atomic E-state index is 0.0532. The Bertz CT molecular complexity index is 5380. The fourth-order valence-corrected chi connectivity index (χ4v) is 16.0. The van der Waals surface area contributed by atoms with Gasteiger partial charge in [0.05, 0.1) is 51.2 Å². The summed E-state index contributed by atoms with van der Waals surface area (Å²) in [5, 5.41) is 19.3. The number of nitrogens with two attached hydrogens (primary N) is 5. The molecule has 6 amide bonds. The Morgan fingerprint density at radius 3 is 1.20 bits per heavy atom. The molecule has 7 aromatic rings. The minimum atomic E-state index is -0.610. The number of carbonyl (C=O) groups excluding carboxylic acids is 6. The van der Waals surface area contributed by atoms with Crippen LogP contribution >= 0.6 is 47.8 Å². The summed E-state index contributed by atoms with van der Waals surface area (Å²) in [6, 6.07) is 29.7. The molecule has 39 heteroatoms. The number of hydrogen-bond donors (Lipinski definition) is 7. The molecule has 0 unspecified atom stereocenters. The van der Waals surface area contributed by atoms with Gasteiger partial charge in [-0.1, -0.05) is 70.5 Å². The van der Waals surface area contributed by atoms with Crippen molar-refractivity contribution in [1.29, 1.82) is 5.26 Å². The van der Waals surface area contributed by atoms with E-state index in [-0.39, 0.29) is 61.0 Å². The third-order valence-corrected chi connectivity index (χ3v) is 25.7. The van der Waals surface area contributed by atoms with E-state index in [0.29, 0.717) is 104 Å². The Hall–Kier alpha value is -10.7. The van der Waals surface area contributed by atoms with Crippen molar-refractivity contribution in [1.82, 2.24) is 54.7 Å². The van der Waals surface area contributed by atoms with E-state index in [2.05, 4.69) is 84.1 Å². The molecular formula is C104H149B2Br3FN17O16. The lowest BCUT2D eigenvalue weighted by molar-refractivity contribution is 0.00578. The van der Waals surface area contributed by atoms with Gasteiger partial charge in [-0.05, 0) is 354 Å². The van der Waals surface area contributed by atoms with Gasteiger partial charge in [-0.3, -0.25) is 4.79 Å². The molecule has 5 fully saturated rings. The van der Waals surface area contributed by atoms with Gasteiger partial charge in [-0.15, -0.1) is 0 Å². The average Bonchev–Trinajstić information content (AvgIpc) is 1.66. The Balaban J connectivity index is 0.000000229. The van der Waals surface area contributed by atoms with Crippen LogP contribution in [0.4, 0.5) is 57.5 Å². The molecule has 1 atom stereocenters. The average molecular weight is 2170 g/mol. The van der Waals surface area contributed by atoms with Crippen LogP contribution in [-0.2, 0) is 42.3 Å². The fourth-order valence-electron chi connectivity index (χ4n) is 15.0. The first kappa shape index (κ1) is 119. The summed E-state index contributed by atoms with van der Waals surface area (Å²) in [7, 11) is -0.847. The van der Waals surface area contributed by atoms with E-state index in [1.54, 1.807) is 73.3 Å². The number of halogens is 4. The number of piperidine rings is 3. The Morgan fingerprint density at radius 1 is 0.469 bits per heavy atom. The Labute approximate surface area is 870 Å². The molecule has 5 aromatic heterocycles. The van der Waals surface area contributed by atoms with Gasteiger partial charge in [0.1, 0.15) is 62.9 Å². The topological polar surface area (TPSA) is 452 Å². The van der Waals surface area contributed by atoms with E-state index in [1.165, 1.54) is 35.8 Å². The molecule has 12 heterocycles. The van der Waals surface area contributed by atoms with E-state index in [0.717, 1.165) is 101 Å². The SMILES string of the molecule is CC#N.CC(C)(C)OC(=O)N1CC=C(B2OC(C)(C)C(C)(C)O2)CC1.CC(C)(C)OC(=O)N1CC=C(c2ccc(N)nc2)CC1.CC(C)(C)OC(=O)N1CCC(c2ccc(N)nc2)CC1.CC(C)(C)OC(=O)N1CCC(c2cnc(N)c(B3OC(C)(C)C(C)(C)O3)c2)CC1.CC(C)(C)OC(=O)N1CCC(c2cnc(N)c(Br)c2)CC1.Nc1ccc(Br)cn1.O=C(N[C@H](CO)c1ccccc1)c1ccc(Br)cc1F. The molecule has 7 aliphatic rings. The maximum absolute atomic E-state index is 13.7. The second kappa shape index (κ2) is 52.4. The number of benzene rings is 2. The smallest absolute Gasteiger partial charge is 0.444 e. The Morgan fingerprint density at radius 2 is 0.839 bits per heavy atom. The predicted molar refractivity (Wildman–Crippen MR) is 570 cm³/mol. The molecule has 0 spiro atoms. The van der Waals surface area contributed by atoms with Crippen LogP contribution in [-0.4, -0.2) is 228 Å². The third kappa shape index (κ3) is 39.0. The summed E-state index contributed by atoms with van der Waals surface area (Å²) in [4.78, 5) is 102. The molecule has 0 saturated carbocycles. The molecule has 2 aromatic carbocycles. The number of nitrogens with one attached hydrogen (secondary N) is 1.